The van der Waals surface area contributed by atoms with Crippen molar-refractivity contribution in [1.29, 1.82) is 0 Å². The second-order valence-corrected chi connectivity index (χ2v) is 4.01. The average Bonchev–Trinajstić information content (AvgIpc) is 2.84. The molecule has 82 valence electrons. The lowest BCUT2D eigenvalue weighted by Gasteiger charge is -2.04. The van der Waals surface area contributed by atoms with Crippen molar-refractivity contribution in [1.82, 2.24) is 9.88 Å². The van der Waals surface area contributed by atoms with Crippen LogP contribution < -0.4 is 5.32 Å². The Morgan fingerprint density at radius 2 is 2.25 bits per heavy atom. The maximum absolute atomic E-state index is 11.0. The number of aromatic nitrogens is 1. The summed E-state index contributed by atoms with van der Waals surface area (Å²) in [5, 5.41) is 3.97. The molecule has 2 heterocycles. The van der Waals surface area contributed by atoms with Crippen LogP contribution in [-0.4, -0.2) is 17.3 Å². The maximum Gasteiger partial charge on any atom is 0.407 e. The number of amides is 1. The van der Waals surface area contributed by atoms with Gasteiger partial charge in [-0.1, -0.05) is 18.2 Å². The fourth-order valence-electron chi connectivity index (χ4n) is 2.20. The molecule has 0 saturated carbocycles. The number of fused-ring (bicyclic) bond motifs is 1. The first-order valence-electron chi connectivity index (χ1n) is 5.23. The van der Waals surface area contributed by atoms with Crippen LogP contribution in [0.5, 0.6) is 0 Å². The number of hydrogen-bond acceptors (Lipinski definition) is 2. The fourth-order valence-corrected chi connectivity index (χ4v) is 2.20. The number of nitrogens with one attached hydrogen (secondary N) is 1. The number of hydrogen-bond donors (Lipinski definition) is 1. The van der Waals surface area contributed by atoms with Crippen LogP contribution in [0.1, 0.15) is 11.6 Å². The summed E-state index contributed by atoms with van der Waals surface area (Å²) in [6, 6.07) is 8.11. The van der Waals surface area contributed by atoms with E-state index in [4.69, 9.17) is 4.74 Å². The smallest absolute Gasteiger partial charge is 0.407 e. The van der Waals surface area contributed by atoms with Crippen LogP contribution >= 0.6 is 0 Å². The molecule has 16 heavy (non-hydrogen) atoms. The highest BCUT2D eigenvalue weighted by Gasteiger charge is 2.26. The Morgan fingerprint density at radius 1 is 1.44 bits per heavy atom. The number of rotatable bonds is 1. The number of ether oxygens (including phenoxy) is 1. The number of nitrogens with zero attached hydrogens (tertiary/aromatic N) is 1. The van der Waals surface area contributed by atoms with E-state index in [1.165, 1.54) is 10.9 Å². The maximum atomic E-state index is 11.0. The van der Waals surface area contributed by atoms with E-state index in [0.717, 1.165) is 5.56 Å². The van der Waals surface area contributed by atoms with E-state index < -0.39 is 0 Å². The van der Waals surface area contributed by atoms with Crippen molar-refractivity contribution in [2.45, 2.75) is 6.04 Å². The summed E-state index contributed by atoms with van der Waals surface area (Å²) in [6.45, 7) is 0.410. The molecule has 0 unspecified atom stereocenters. The zero-order chi connectivity index (χ0) is 11.1. The summed E-state index contributed by atoms with van der Waals surface area (Å²) in [5.74, 6) is 0. The fraction of sp³-hybridized carbons (Fsp3) is 0.250. The summed E-state index contributed by atoms with van der Waals surface area (Å²) in [5.41, 5.74) is 2.28. The lowest BCUT2D eigenvalue weighted by atomic mass is 10.1. The number of benzene rings is 1. The lowest BCUT2D eigenvalue weighted by molar-refractivity contribution is 0.177. The van der Waals surface area contributed by atoms with Crippen molar-refractivity contribution < 1.29 is 9.53 Å². The van der Waals surface area contributed by atoms with Crippen molar-refractivity contribution in [3.63, 3.8) is 0 Å². The van der Waals surface area contributed by atoms with Gasteiger partial charge in [-0.3, -0.25) is 0 Å². The molecule has 0 aliphatic carbocycles. The molecule has 4 nitrogen and oxygen atoms in total. The molecular weight excluding hydrogens is 204 g/mol. The van der Waals surface area contributed by atoms with Gasteiger partial charge in [-0.25, -0.2) is 4.79 Å². The van der Waals surface area contributed by atoms with Gasteiger partial charge in [0.25, 0.3) is 0 Å². The molecule has 3 rings (SSSR count). The van der Waals surface area contributed by atoms with E-state index in [0.29, 0.717) is 6.61 Å². The first kappa shape index (κ1) is 9.27. The molecule has 1 N–H and O–H groups in total. The standard InChI is InChI=1S/C12H12N2O2/c1-14-6-9(10-7-16-12(15)13-10)8-4-2-3-5-11(8)14/h2-6,10H,7H2,1H3,(H,13,15)/t10-/m0/s1. The Balaban J connectivity index is 2.13. The van der Waals surface area contributed by atoms with Gasteiger partial charge in [0.05, 0.1) is 6.04 Å². The van der Waals surface area contributed by atoms with E-state index >= 15 is 0 Å². The summed E-state index contributed by atoms with van der Waals surface area (Å²) in [4.78, 5) is 11.0. The molecule has 0 bridgehead atoms. The van der Waals surface area contributed by atoms with Crippen LogP contribution in [0.4, 0.5) is 4.79 Å². The van der Waals surface area contributed by atoms with Crippen LogP contribution in [0, 0.1) is 0 Å². The van der Waals surface area contributed by atoms with Crippen molar-refractivity contribution in [3.8, 4) is 0 Å². The van der Waals surface area contributed by atoms with Gasteiger partial charge in [0.1, 0.15) is 6.61 Å². The Bertz CT molecular complexity index is 559. The second kappa shape index (κ2) is 3.27. The summed E-state index contributed by atoms with van der Waals surface area (Å²) < 4.78 is 6.98. The minimum absolute atomic E-state index is 0.0291. The predicted octanol–water partition coefficient (Wildman–Crippen LogP) is 1.96. The average molecular weight is 216 g/mol. The molecule has 1 amide bonds. The predicted molar refractivity (Wildman–Crippen MR) is 60.1 cm³/mol. The normalized spacial score (nSPS) is 19.8. The van der Waals surface area contributed by atoms with Gasteiger partial charge >= 0.3 is 6.09 Å². The molecule has 1 aliphatic rings. The largest absolute Gasteiger partial charge is 0.447 e. The van der Waals surface area contributed by atoms with E-state index in [-0.39, 0.29) is 12.1 Å². The van der Waals surface area contributed by atoms with Gasteiger partial charge < -0.3 is 14.6 Å². The summed E-state index contributed by atoms with van der Waals surface area (Å²) >= 11 is 0. The van der Waals surface area contributed by atoms with Crippen LogP contribution in [-0.2, 0) is 11.8 Å². The Kier molecular flexibility index (Phi) is 1.89. The third kappa shape index (κ3) is 1.26. The van der Waals surface area contributed by atoms with Gasteiger partial charge in [0.15, 0.2) is 0 Å². The van der Waals surface area contributed by atoms with Gasteiger partial charge in [0, 0.05) is 29.7 Å². The number of aryl methyl sites for hydroxylation is 1. The van der Waals surface area contributed by atoms with Crippen molar-refractivity contribution in [2.24, 2.45) is 7.05 Å². The molecule has 0 radical (unpaired) electrons. The third-order valence-electron chi connectivity index (χ3n) is 2.98. The molecular formula is C12H12N2O2. The van der Waals surface area contributed by atoms with E-state index in [9.17, 15) is 4.79 Å². The topological polar surface area (TPSA) is 43.3 Å². The molecule has 1 atom stereocenters. The summed E-state index contributed by atoms with van der Waals surface area (Å²) in [7, 11) is 2.00. The molecule has 1 aromatic carbocycles. The molecule has 1 saturated heterocycles. The van der Waals surface area contributed by atoms with Crippen LogP contribution in [0.25, 0.3) is 10.9 Å². The highest BCUT2D eigenvalue weighted by Crippen LogP contribution is 2.27. The van der Waals surface area contributed by atoms with Gasteiger partial charge in [-0.2, -0.15) is 0 Å². The lowest BCUT2D eigenvalue weighted by Crippen LogP contribution is -2.17. The van der Waals surface area contributed by atoms with Gasteiger partial charge in [-0.05, 0) is 6.07 Å². The van der Waals surface area contributed by atoms with Crippen LogP contribution in [0.3, 0.4) is 0 Å². The SMILES string of the molecule is Cn1cc([C@@H]2COC(=O)N2)c2ccccc21. The Morgan fingerprint density at radius 3 is 3.00 bits per heavy atom. The number of para-hydroxylation sites is 1. The van der Waals surface area contributed by atoms with E-state index in [2.05, 4.69) is 22.0 Å². The minimum Gasteiger partial charge on any atom is -0.447 e. The molecule has 4 heteroatoms. The number of alkyl carbamates (subject to hydrolysis) is 1. The summed E-state index contributed by atoms with van der Waals surface area (Å²) in [6.07, 6.45) is 1.71. The Labute approximate surface area is 92.8 Å². The van der Waals surface area contributed by atoms with Crippen molar-refractivity contribution >= 4 is 17.0 Å². The van der Waals surface area contributed by atoms with E-state index in [1.54, 1.807) is 0 Å². The molecule has 0 spiro atoms. The van der Waals surface area contributed by atoms with Crippen molar-refractivity contribution in [3.05, 3.63) is 36.0 Å². The zero-order valence-electron chi connectivity index (χ0n) is 8.93. The minimum atomic E-state index is -0.335. The molecule has 1 aliphatic heterocycles. The molecule has 1 aromatic heterocycles. The zero-order valence-corrected chi connectivity index (χ0v) is 8.93. The monoisotopic (exact) mass is 216 g/mol. The van der Waals surface area contributed by atoms with Crippen LogP contribution in [0.15, 0.2) is 30.5 Å². The van der Waals surface area contributed by atoms with Crippen molar-refractivity contribution in [2.75, 3.05) is 6.61 Å². The number of carbonyl (C=O) groups excluding carboxylic acids is 1. The first-order chi connectivity index (χ1) is 7.75. The highest BCUT2D eigenvalue weighted by molar-refractivity contribution is 5.85. The Hall–Kier alpha value is -1.97. The highest BCUT2D eigenvalue weighted by atomic mass is 16.6. The molecule has 1 fully saturated rings. The quantitative estimate of drug-likeness (QED) is 0.791. The van der Waals surface area contributed by atoms with Gasteiger partial charge in [-0.15, -0.1) is 0 Å². The number of cyclic esters (lactones) is 1. The van der Waals surface area contributed by atoms with Gasteiger partial charge in [0.2, 0.25) is 0 Å². The second-order valence-electron chi connectivity index (χ2n) is 4.01. The third-order valence-corrected chi connectivity index (χ3v) is 2.98. The number of carbonyl (C=O) groups is 1. The van der Waals surface area contributed by atoms with E-state index in [1.807, 2.05) is 25.4 Å². The van der Waals surface area contributed by atoms with Crippen LogP contribution in [0.2, 0.25) is 0 Å². The first-order valence-corrected chi connectivity index (χ1v) is 5.23. The molecule has 2 aromatic rings.